The van der Waals surface area contributed by atoms with E-state index in [0.29, 0.717) is 5.56 Å². The van der Waals surface area contributed by atoms with E-state index in [0.717, 1.165) is 5.56 Å². The Morgan fingerprint density at radius 2 is 1.76 bits per heavy atom. The number of hydrogen-bond acceptors (Lipinski definition) is 4. The van der Waals surface area contributed by atoms with Gasteiger partial charge in [-0.25, -0.2) is 4.79 Å². The molecule has 2 aromatic rings. The summed E-state index contributed by atoms with van der Waals surface area (Å²) in [5.74, 6) is -0.978. The summed E-state index contributed by atoms with van der Waals surface area (Å²) >= 11 is 0. The molecule has 21 heavy (non-hydrogen) atoms. The van der Waals surface area contributed by atoms with Gasteiger partial charge in [0.1, 0.15) is 5.57 Å². The first-order chi connectivity index (χ1) is 10.2. The zero-order chi connectivity index (χ0) is 15.1. The quantitative estimate of drug-likeness (QED) is 0.278. The maximum absolute atomic E-state index is 12.5. The standard InChI is InChI=1S/C17H15NO3/c1-2-21-17(20)15(12-13-8-10-18-11-9-13)16(19)14-6-4-3-5-7-14/h3-12H,2H2,1H3/b15-12-. The number of esters is 1. The molecule has 1 heterocycles. The van der Waals surface area contributed by atoms with Crippen LogP contribution < -0.4 is 0 Å². The van der Waals surface area contributed by atoms with Gasteiger partial charge in [-0.05, 0) is 30.7 Å². The minimum absolute atomic E-state index is 0.00856. The molecule has 0 aliphatic carbocycles. The van der Waals surface area contributed by atoms with Crippen LogP contribution in [0.5, 0.6) is 0 Å². The summed E-state index contributed by atoms with van der Waals surface area (Å²) in [6.07, 6.45) is 4.72. The van der Waals surface area contributed by atoms with Crippen LogP contribution in [0.2, 0.25) is 0 Å². The van der Waals surface area contributed by atoms with Gasteiger partial charge in [0.25, 0.3) is 0 Å². The lowest BCUT2D eigenvalue weighted by atomic mass is 10.0. The van der Waals surface area contributed by atoms with E-state index in [9.17, 15) is 9.59 Å². The molecule has 0 N–H and O–H groups in total. The average Bonchev–Trinajstić information content (AvgIpc) is 2.54. The van der Waals surface area contributed by atoms with Crippen LogP contribution in [0.4, 0.5) is 0 Å². The number of rotatable bonds is 5. The number of aromatic nitrogens is 1. The van der Waals surface area contributed by atoms with Crippen LogP contribution in [0.25, 0.3) is 6.08 Å². The molecule has 1 aromatic heterocycles. The lowest BCUT2D eigenvalue weighted by Gasteiger charge is -2.06. The van der Waals surface area contributed by atoms with E-state index >= 15 is 0 Å². The molecule has 0 radical (unpaired) electrons. The smallest absolute Gasteiger partial charge is 0.342 e. The van der Waals surface area contributed by atoms with Crippen molar-refractivity contribution < 1.29 is 14.3 Å². The lowest BCUT2D eigenvalue weighted by molar-refractivity contribution is -0.137. The molecule has 1 aromatic carbocycles. The van der Waals surface area contributed by atoms with E-state index in [1.54, 1.807) is 55.7 Å². The molecule has 0 saturated carbocycles. The second-order valence-corrected chi connectivity index (χ2v) is 4.25. The van der Waals surface area contributed by atoms with Crippen molar-refractivity contribution in [2.24, 2.45) is 0 Å². The van der Waals surface area contributed by atoms with Gasteiger partial charge in [-0.3, -0.25) is 9.78 Å². The second kappa shape index (κ2) is 7.14. The SMILES string of the molecule is CCOC(=O)/C(=C\c1ccncc1)C(=O)c1ccccc1. The first kappa shape index (κ1) is 14.7. The zero-order valence-electron chi connectivity index (χ0n) is 11.7. The van der Waals surface area contributed by atoms with Gasteiger partial charge in [0, 0.05) is 18.0 Å². The predicted molar refractivity (Wildman–Crippen MR) is 79.6 cm³/mol. The van der Waals surface area contributed by atoms with Gasteiger partial charge in [-0.1, -0.05) is 30.3 Å². The Bertz CT molecular complexity index is 648. The molecule has 0 spiro atoms. The van der Waals surface area contributed by atoms with Crippen LogP contribution >= 0.6 is 0 Å². The van der Waals surface area contributed by atoms with Crippen molar-refractivity contribution in [1.29, 1.82) is 0 Å². The molecule has 106 valence electrons. The van der Waals surface area contributed by atoms with Crippen molar-refractivity contribution in [3.63, 3.8) is 0 Å². The number of nitrogens with zero attached hydrogens (tertiary/aromatic N) is 1. The van der Waals surface area contributed by atoms with Crippen LogP contribution in [0.1, 0.15) is 22.8 Å². The summed E-state index contributed by atoms with van der Waals surface area (Å²) in [5.41, 5.74) is 1.18. The predicted octanol–water partition coefficient (Wildman–Crippen LogP) is 2.91. The van der Waals surface area contributed by atoms with Gasteiger partial charge >= 0.3 is 5.97 Å². The third-order valence-corrected chi connectivity index (χ3v) is 2.79. The number of ether oxygens (including phenoxy) is 1. The van der Waals surface area contributed by atoms with E-state index < -0.39 is 5.97 Å². The molecular formula is C17H15NO3. The fourth-order valence-electron chi connectivity index (χ4n) is 1.80. The molecule has 0 atom stereocenters. The molecule has 0 amide bonds. The Morgan fingerprint density at radius 1 is 1.10 bits per heavy atom. The monoisotopic (exact) mass is 281 g/mol. The van der Waals surface area contributed by atoms with E-state index in [2.05, 4.69) is 4.98 Å². The Balaban J connectivity index is 2.40. The van der Waals surface area contributed by atoms with Crippen LogP contribution in [0.3, 0.4) is 0 Å². The number of pyridine rings is 1. The zero-order valence-corrected chi connectivity index (χ0v) is 11.7. The van der Waals surface area contributed by atoms with E-state index in [1.807, 2.05) is 6.07 Å². The molecule has 0 fully saturated rings. The fraction of sp³-hybridized carbons (Fsp3) is 0.118. The Morgan fingerprint density at radius 3 is 2.38 bits per heavy atom. The Hall–Kier alpha value is -2.75. The van der Waals surface area contributed by atoms with Crippen LogP contribution in [-0.4, -0.2) is 23.3 Å². The second-order valence-electron chi connectivity index (χ2n) is 4.25. The highest BCUT2D eigenvalue weighted by molar-refractivity contribution is 6.26. The van der Waals surface area contributed by atoms with Crippen LogP contribution in [0, 0.1) is 0 Å². The summed E-state index contributed by atoms with van der Waals surface area (Å²) in [7, 11) is 0. The van der Waals surface area contributed by atoms with E-state index in [1.165, 1.54) is 6.08 Å². The maximum Gasteiger partial charge on any atom is 0.342 e. The molecular weight excluding hydrogens is 266 g/mol. The van der Waals surface area contributed by atoms with Crippen molar-refractivity contribution in [3.05, 3.63) is 71.6 Å². The molecule has 2 rings (SSSR count). The highest BCUT2D eigenvalue weighted by atomic mass is 16.5. The highest BCUT2D eigenvalue weighted by Gasteiger charge is 2.20. The Kier molecular flexibility index (Phi) is 4.99. The van der Waals surface area contributed by atoms with Gasteiger partial charge in [0.05, 0.1) is 6.61 Å². The molecule has 4 nitrogen and oxygen atoms in total. The molecule has 0 bridgehead atoms. The summed E-state index contributed by atoms with van der Waals surface area (Å²) in [5, 5.41) is 0. The van der Waals surface area contributed by atoms with E-state index in [4.69, 9.17) is 4.74 Å². The highest BCUT2D eigenvalue weighted by Crippen LogP contribution is 2.14. The summed E-state index contributed by atoms with van der Waals surface area (Å²) in [6.45, 7) is 1.92. The maximum atomic E-state index is 12.5. The Labute approximate surface area is 123 Å². The van der Waals surface area contributed by atoms with Gasteiger partial charge in [-0.2, -0.15) is 0 Å². The number of Topliss-reactive ketones (excluding diaryl/α,β-unsaturated/α-hetero) is 1. The van der Waals surface area contributed by atoms with Gasteiger partial charge in [0.2, 0.25) is 0 Å². The number of benzene rings is 1. The number of ketones is 1. The van der Waals surface area contributed by atoms with Crippen molar-refractivity contribution in [1.82, 2.24) is 4.98 Å². The van der Waals surface area contributed by atoms with Gasteiger partial charge in [-0.15, -0.1) is 0 Å². The van der Waals surface area contributed by atoms with E-state index in [-0.39, 0.29) is 18.0 Å². The summed E-state index contributed by atoms with van der Waals surface area (Å²) in [6, 6.07) is 12.1. The first-order valence-electron chi connectivity index (χ1n) is 6.61. The normalized spacial score (nSPS) is 11.0. The average molecular weight is 281 g/mol. The van der Waals surface area contributed by atoms with Crippen molar-refractivity contribution in [2.45, 2.75) is 6.92 Å². The molecule has 4 heteroatoms. The van der Waals surface area contributed by atoms with Crippen molar-refractivity contribution in [3.8, 4) is 0 Å². The van der Waals surface area contributed by atoms with Gasteiger partial charge in [0.15, 0.2) is 5.78 Å². The number of hydrogen-bond donors (Lipinski definition) is 0. The van der Waals surface area contributed by atoms with Crippen LogP contribution in [0.15, 0.2) is 60.4 Å². The van der Waals surface area contributed by atoms with Gasteiger partial charge < -0.3 is 4.74 Å². The third-order valence-electron chi connectivity index (χ3n) is 2.79. The minimum Gasteiger partial charge on any atom is -0.462 e. The molecule has 0 unspecified atom stereocenters. The largest absolute Gasteiger partial charge is 0.462 e. The molecule has 0 saturated heterocycles. The lowest BCUT2D eigenvalue weighted by Crippen LogP contribution is -2.16. The fourth-order valence-corrected chi connectivity index (χ4v) is 1.80. The minimum atomic E-state index is -0.622. The summed E-state index contributed by atoms with van der Waals surface area (Å²) < 4.78 is 4.98. The van der Waals surface area contributed by atoms with Crippen molar-refractivity contribution >= 4 is 17.8 Å². The molecule has 0 aliphatic rings. The molecule has 0 aliphatic heterocycles. The topological polar surface area (TPSA) is 56.3 Å². The number of carbonyl (C=O) groups excluding carboxylic acids is 2. The third kappa shape index (κ3) is 3.86. The summed E-state index contributed by atoms with van der Waals surface area (Å²) in [4.78, 5) is 28.4. The first-order valence-corrected chi connectivity index (χ1v) is 6.61. The van der Waals surface area contributed by atoms with Crippen molar-refractivity contribution in [2.75, 3.05) is 6.61 Å². The van der Waals surface area contributed by atoms with Crippen LogP contribution in [-0.2, 0) is 9.53 Å². The number of carbonyl (C=O) groups is 2.